The van der Waals surface area contributed by atoms with Crippen LogP contribution in [-0.2, 0) is 0 Å². The molecule has 0 N–H and O–H groups in total. The van der Waals surface area contributed by atoms with Crippen molar-refractivity contribution >= 4 is 5.91 Å². The Morgan fingerprint density at radius 1 is 1.33 bits per heavy atom. The van der Waals surface area contributed by atoms with Crippen LogP contribution in [0.3, 0.4) is 0 Å². The third kappa shape index (κ3) is 2.78. The third-order valence-electron chi connectivity index (χ3n) is 2.38. The van der Waals surface area contributed by atoms with Crippen molar-refractivity contribution in [3.63, 3.8) is 0 Å². The lowest BCUT2D eigenvalue weighted by Gasteiger charge is -2.32. The molecule has 0 aliphatic carbocycles. The van der Waals surface area contributed by atoms with Gasteiger partial charge >= 0.3 is 0 Å². The van der Waals surface area contributed by atoms with Crippen molar-refractivity contribution in [3.05, 3.63) is 35.6 Å². The average Bonchev–Trinajstić information content (AvgIpc) is 2.14. The third-order valence-corrected chi connectivity index (χ3v) is 2.38. The Morgan fingerprint density at radius 2 is 1.93 bits per heavy atom. The molecule has 1 rings (SSSR count). The largest absolute Gasteiger partial charge is 0.337 e. The van der Waals surface area contributed by atoms with Gasteiger partial charge in [0.25, 0.3) is 5.91 Å². The number of carbonyl (C=O) groups is 1. The fourth-order valence-electron chi connectivity index (χ4n) is 1.12. The van der Waals surface area contributed by atoms with E-state index in [1.165, 1.54) is 12.1 Å². The van der Waals surface area contributed by atoms with Gasteiger partial charge in [-0.25, -0.2) is 4.39 Å². The molecule has 0 unspecified atom stereocenters. The summed E-state index contributed by atoms with van der Waals surface area (Å²) in [6, 6.07) is 5.74. The van der Waals surface area contributed by atoms with Crippen LogP contribution in [0.1, 0.15) is 31.1 Å². The molecule has 0 radical (unpaired) electrons. The van der Waals surface area contributed by atoms with Crippen LogP contribution in [0.25, 0.3) is 0 Å². The van der Waals surface area contributed by atoms with E-state index in [0.717, 1.165) is 0 Å². The van der Waals surface area contributed by atoms with Gasteiger partial charge in [0.2, 0.25) is 0 Å². The molecule has 1 aromatic rings. The second-order valence-electron chi connectivity index (χ2n) is 4.55. The van der Waals surface area contributed by atoms with Crippen molar-refractivity contribution < 1.29 is 9.18 Å². The number of benzene rings is 1. The highest BCUT2D eigenvalue weighted by molar-refractivity contribution is 5.94. The number of hydrogen-bond acceptors (Lipinski definition) is 1. The fourth-order valence-corrected chi connectivity index (χ4v) is 1.12. The molecular formula is C12H16FNO. The first kappa shape index (κ1) is 11.7. The Morgan fingerprint density at radius 3 is 2.40 bits per heavy atom. The van der Waals surface area contributed by atoms with Crippen molar-refractivity contribution in [2.75, 3.05) is 7.05 Å². The maximum absolute atomic E-state index is 12.9. The molecular weight excluding hydrogens is 193 g/mol. The van der Waals surface area contributed by atoms with Crippen LogP contribution in [0, 0.1) is 5.82 Å². The van der Waals surface area contributed by atoms with Crippen molar-refractivity contribution in [3.8, 4) is 0 Å². The van der Waals surface area contributed by atoms with Crippen LogP contribution < -0.4 is 0 Å². The van der Waals surface area contributed by atoms with Crippen LogP contribution in [-0.4, -0.2) is 23.4 Å². The van der Waals surface area contributed by atoms with Crippen molar-refractivity contribution in [2.24, 2.45) is 0 Å². The molecule has 0 aliphatic heterocycles. The van der Waals surface area contributed by atoms with Gasteiger partial charge in [0, 0.05) is 18.2 Å². The number of amides is 1. The molecule has 0 atom stereocenters. The van der Waals surface area contributed by atoms with Crippen LogP contribution in [0.4, 0.5) is 4.39 Å². The molecule has 0 aromatic heterocycles. The summed E-state index contributed by atoms with van der Waals surface area (Å²) in [5.41, 5.74) is 0.121. The fraction of sp³-hybridized carbons (Fsp3) is 0.417. The second kappa shape index (κ2) is 4.01. The monoisotopic (exact) mass is 209 g/mol. The standard InChI is InChI=1S/C12H16FNO/c1-12(2,3)14(4)11(15)9-6-5-7-10(13)8-9/h5-8H,1-4H3. The summed E-state index contributed by atoms with van der Waals surface area (Å²) >= 11 is 0. The molecule has 0 saturated heterocycles. The Hall–Kier alpha value is -1.38. The number of hydrogen-bond donors (Lipinski definition) is 0. The number of rotatable bonds is 1. The zero-order chi connectivity index (χ0) is 11.6. The lowest BCUT2D eigenvalue weighted by molar-refractivity contribution is 0.0655. The first-order valence-corrected chi connectivity index (χ1v) is 4.86. The summed E-state index contributed by atoms with van der Waals surface area (Å²) in [4.78, 5) is 13.5. The molecule has 1 amide bonds. The van der Waals surface area contributed by atoms with Crippen molar-refractivity contribution in [1.82, 2.24) is 4.90 Å². The average molecular weight is 209 g/mol. The zero-order valence-electron chi connectivity index (χ0n) is 9.54. The maximum Gasteiger partial charge on any atom is 0.254 e. The van der Waals surface area contributed by atoms with Crippen LogP contribution in [0.15, 0.2) is 24.3 Å². The first-order chi connectivity index (χ1) is 6.82. The minimum atomic E-state index is -0.386. The molecule has 0 heterocycles. The Balaban J connectivity index is 2.95. The summed E-state index contributed by atoms with van der Waals surface area (Å²) in [6.07, 6.45) is 0. The van der Waals surface area contributed by atoms with Gasteiger partial charge in [-0.2, -0.15) is 0 Å². The van der Waals surface area contributed by atoms with Crippen LogP contribution in [0.5, 0.6) is 0 Å². The van der Waals surface area contributed by atoms with E-state index in [1.807, 2.05) is 20.8 Å². The normalized spacial score (nSPS) is 11.3. The van der Waals surface area contributed by atoms with E-state index in [9.17, 15) is 9.18 Å². The lowest BCUT2D eigenvalue weighted by atomic mass is 10.1. The van der Waals surface area contributed by atoms with Crippen molar-refractivity contribution in [2.45, 2.75) is 26.3 Å². The van der Waals surface area contributed by atoms with Gasteiger partial charge in [-0.15, -0.1) is 0 Å². The van der Waals surface area contributed by atoms with E-state index in [4.69, 9.17) is 0 Å². The predicted molar refractivity (Wildman–Crippen MR) is 58.2 cm³/mol. The number of carbonyl (C=O) groups excluding carboxylic acids is 1. The van der Waals surface area contributed by atoms with Crippen LogP contribution in [0.2, 0.25) is 0 Å². The van der Waals surface area contributed by atoms with Gasteiger partial charge in [0.1, 0.15) is 5.82 Å². The lowest BCUT2D eigenvalue weighted by Crippen LogP contribution is -2.42. The van der Waals surface area contributed by atoms with Gasteiger partial charge in [-0.1, -0.05) is 6.07 Å². The highest BCUT2D eigenvalue weighted by Gasteiger charge is 2.23. The summed E-state index contributed by atoms with van der Waals surface area (Å²) in [7, 11) is 1.72. The Labute approximate surface area is 89.7 Å². The summed E-state index contributed by atoms with van der Waals surface area (Å²) < 4.78 is 12.9. The molecule has 0 aliphatic rings. The minimum Gasteiger partial charge on any atom is -0.337 e. The molecule has 0 spiro atoms. The molecule has 2 nitrogen and oxygen atoms in total. The molecule has 3 heteroatoms. The minimum absolute atomic E-state index is 0.165. The van der Waals surface area contributed by atoms with Gasteiger partial charge in [-0.05, 0) is 39.0 Å². The molecule has 0 bridgehead atoms. The highest BCUT2D eigenvalue weighted by atomic mass is 19.1. The summed E-state index contributed by atoms with van der Waals surface area (Å²) in [6.45, 7) is 5.80. The SMILES string of the molecule is CN(C(=O)c1cccc(F)c1)C(C)(C)C. The van der Waals surface area contributed by atoms with E-state index >= 15 is 0 Å². The van der Waals surface area contributed by atoms with Gasteiger partial charge in [0.15, 0.2) is 0 Å². The predicted octanol–water partition coefficient (Wildman–Crippen LogP) is 2.70. The smallest absolute Gasteiger partial charge is 0.254 e. The van der Waals surface area contributed by atoms with E-state index in [-0.39, 0.29) is 17.3 Å². The quantitative estimate of drug-likeness (QED) is 0.696. The van der Waals surface area contributed by atoms with E-state index in [0.29, 0.717) is 5.56 Å². The van der Waals surface area contributed by atoms with Gasteiger partial charge in [-0.3, -0.25) is 4.79 Å². The van der Waals surface area contributed by atoms with Gasteiger partial charge < -0.3 is 4.90 Å². The molecule has 0 fully saturated rings. The summed E-state index contributed by atoms with van der Waals surface area (Å²) in [5, 5.41) is 0. The van der Waals surface area contributed by atoms with Crippen molar-refractivity contribution in [1.29, 1.82) is 0 Å². The topological polar surface area (TPSA) is 20.3 Å². The van der Waals surface area contributed by atoms with E-state index < -0.39 is 0 Å². The zero-order valence-corrected chi connectivity index (χ0v) is 9.54. The second-order valence-corrected chi connectivity index (χ2v) is 4.55. The van der Waals surface area contributed by atoms with Gasteiger partial charge in [0.05, 0.1) is 0 Å². The first-order valence-electron chi connectivity index (χ1n) is 4.86. The molecule has 0 saturated carbocycles. The Kier molecular flexibility index (Phi) is 3.12. The Bertz CT molecular complexity index is 368. The van der Waals surface area contributed by atoms with Crippen LogP contribution >= 0.6 is 0 Å². The number of nitrogens with zero attached hydrogens (tertiary/aromatic N) is 1. The molecule has 1 aromatic carbocycles. The van der Waals surface area contributed by atoms with E-state index in [1.54, 1.807) is 24.1 Å². The summed E-state index contributed by atoms with van der Waals surface area (Å²) in [5.74, 6) is -0.551. The number of halogens is 1. The molecule has 82 valence electrons. The highest BCUT2D eigenvalue weighted by Crippen LogP contribution is 2.15. The maximum atomic E-state index is 12.9. The molecule has 15 heavy (non-hydrogen) atoms. The van der Waals surface area contributed by atoms with E-state index in [2.05, 4.69) is 0 Å².